The quantitative estimate of drug-likeness (QED) is 0.773. The van der Waals surface area contributed by atoms with E-state index in [4.69, 9.17) is 0 Å². The maximum absolute atomic E-state index is 12.2. The van der Waals surface area contributed by atoms with E-state index in [1.807, 2.05) is 36.1 Å². The van der Waals surface area contributed by atoms with Crippen molar-refractivity contribution in [1.29, 1.82) is 0 Å². The zero-order chi connectivity index (χ0) is 11.5. The minimum Gasteiger partial charge on any atom is -0.333 e. The number of aryl methyl sites for hydroxylation is 1. The molecule has 1 N–H and O–H groups in total. The Balaban J connectivity index is 2.14. The Morgan fingerprint density at radius 2 is 2.06 bits per heavy atom. The van der Waals surface area contributed by atoms with Gasteiger partial charge >= 0.3 is 0 Å². The van der Waals surface area contributed by atoms with E-state index < -0.39 is 0 Å². The number of nitrogens with one attached hydrogen (secondary N) is 1. The van der Waals surface area contributed by atoms with E-state index in [9.17, 15) is 4.79 Å². The molecule has 0 saturated carbocycles. The second kappa shape index (κ2) is 4.66. The molecule has 1 aliphatic rings. The van der Waals surface area contributed by atoms with Crippen molar-refractivity contribution in [2.45, 2.75) is 19.9 Å². The molecule has 1 atom stereocenters. The maximum Gasteiger partial charge on any atom is 0.254 e. The van der Waals surface area contributed by atoms with Gasteiger partial charge in [-0.2, -0.15) is 0 Å². The molecule has 0 aromatic heterocycles. The van der Waals surface area contributed by atoms with Gasteiger partial charge in [-0.3, -0.25) is 4.79 Å². The summed E-state index contributed by atoms with van der Waals surface area (Å²) in [5.74, 6) is 0.147. The molecule has 3 heteroatoms. The fourth-order valence-corrected chi connectivity index (χ4v) is 2.00. The molecule has 1 unspecified atom stereocenters. The van der Waals surface area contributed by atoms with E-state index in [0.717, 1.165) is 25.2 Å². The predicted octanol–water partition coefficient (Wildman–Crippen LogP) is 1.43. The van der Waals surface area contributed by atoms with Gasteiger partial charge in [-0.15, -0.1) is 0 Å². The van der Waals surface area contributed by atoms with Gasteiger partial charge in [0.2, 0.25) is 0 Å². The highest BCUT2D eigenvalue weighted by Crippen LogP contribution is 2.11. The highest BCUT2D eigenvalue weighted by atomic mass is 16.2. The summed E-state index contributed by atoms with van der Waals surface area (Å²) in [4.78, 5) is 14.2. The topological polar surface area (TPSA) is 32.3 Å². The minimum absolute atomic E-state index is 0.147. The van der Waals surface area contributed by atoms with Crippen LogP contribution in [-0.2, 0) is 0 Å². The summed E-state index contributed by atoms with van der Waals surface area (Å²) < 4.78 is 0. The van der Waals surface area contributed by atoms with Gasteiger partial charge < -0.3 is 10.2 Å². The fourth-order valence-electron chi connectivity index (χ4n) is 2.00. The van der Waals surface area contributed by atoms with Gasteiger partial charge in [0.15, 0.2) is 0 Å². The van der Waals surface area contributed by atoms with E-state index in [2.05, 4.69) is 12.2 Å². The number of benzene rings is 1. The molecule has 1 aromatic rings. The van der Waals surface area contributed by atoms with Gasteiger partial charge in [-0.25, -0.2) is 0 Å². The van der Waals surface area contributed by atoms with Crippen molar-refractivity contribution in [3.05, 3.63) is 35.4 Å². The lowest BCUT2D eigenvalue weighted by Crippen LogP contribution is -2.52. The van der Waals surface area contributed by atoms with Crippen molar-refractivity contribution in [1.82, 2.24) is 10.2 Å². The molecule has 0 aliphatic carbocycles. The van der Waals surface area contributed by atoms with E-state index in [1.165, 1.54) is 5.56 Å². The molecule has 0 radical (unpaired) electrons. The molecule has 2 rings (SSSR count). The van der Waals surface area contributed by atoms with Gasteiger partial charge in [-0.1, -0.05) is 17.7 Å². The van der Waals surface area contributed by atoms with E-state index in [1.54, 1.807) is 0 Å². The lowest BCUT2D eigenvalue weighted by Gasteiger charge is -2.34. The van der Waals surface area contributed by atoms with Crippen LogP contribution in [0.2, 0.25) is 0 Å². The molecule has 16 heavy (non-hydrogen) atoms. The van der Waals surface area contributed by atoms with Crippen LogP contribution in [0.1, 0.15) is 22.8 Å². The summed E-state index contributed by atoms with van der Waals surface area (Å²) in [6.45, 7) is 6.69. The summed E-state index contributed by atoms with van der Waals surface area (Å²) in [5.41, 5.74) is 1.98. The molecule has 1 fully saturated rings. The number of hydrogen-bond donors (Lipinski definition) is 1. The summed E-state index contributed by atoms with van der Waals surface area (Å²) in [7, 11) is 0. The first-order valence-electron chi connectivity index (χ1n) is 5.77. The molecule has 1 heterocycles. The van der Waals surface area contributed by atoms with Crippen molar-refractivity contribution < 1.29 is 4.79 Å². The number of hydrogen-bond acceptors (Lipinski definition) is 2. The molecule has 1 amide bonds. The maximum atomic E-state index is 12.2. The number of carbonyl (C=O) groups excluding carboxylic acids is 1. The number of rotatable bonds is 1. The Bertz CT molecular complexity index is 372. The van der Waals surface area contributed by atoms with E-state index >= 15 is 0 Å². The molecule has 1 aromatic carbocycles. The van der Waals surface area contributed by atoms with Crippen molar-refractivity contribution in [3.8, 4) is 0 Å². The number of nitrogens with zero attached hydrogens (tertiary/aromatic N) is 1. The molecule has 1 aliphatic heterocycles. The predicted molar refractivity (Wildman–Crippen MR) is 64.5 cm³/mol. The van der Waals surface area contributed by atoms with Crippen LogP contribution in [0.3, 0.4) is 0 Å². The van der Waals surface area contributed by atoms with Gasteiger partial charge in [0.25, 0.3) is 5.91 Å². The number of amides is 1. The van der Waals surface area contributed by atoms with Gasteiger partial charge in [0, 0.05) is 31.2 Å². The lowest BCUT2D eigenvalue weighted by molar-refractivity contribution is 0.0656. The summed E-state index contributed by atoms with van der Waals surface area (Å²) in [6, 6.07) is 8.07. The van der Waals surface area contributed by atoms with Crippen LogP contribution in [-0.4, -0.2) is 36.5 Å². The normalized spacial score (nSPS) is 20.9. The molecule has 0 spiro atoms. The zero-order valence-corrected chi connectivity index (χ0v) is 9.86. The summed E-state index contributed by atoms with van der Waals surface area (Å²) in [6.07, 6.45) is 0. The smallest absolute Gasteiger partial charge is 0.254 e. The van der Waals surface area contributed by atoms with Crippen LogP contribution >= 0.6 is 0 Å². The molecular formula is C13H18N2O. The van der Waals surface area contributed by atoms with Crippen LogP contribution in [0.25, 0.3) is 0 Å². The largest absolute Gasteiger partial charge is 0.333 e. The second-order valence-corrected chi connectivity index (χ2v) is 4.42. The summed E-state index contributed by atoms with van der Waals surface area (Å²) >= 11 is 0. The van der Waals surface area contributed by atoms with Crippen molar-refractivity contribution in [2.75, 3.05) is 19.6 Å². The third-order valence-electron chi connectivity index (χ3n) is 3.06. The van der Waals surface area contributed by atoms with Gasteiger partial charge in [-0.05, 0) is 26.0 Å². The Morgan fingerprint density at radius 3 is 2.69 bits per heavy atom. The van der Waals surface area contributed by atoms with Crippen LogP contribution in [0, 0.1) is 6.92 Å². The first-order valence-corrected chi connectivity index (χ1v) is 5.77. The van der Waals surface area contributed by atoms with Gasteiger partial charge in [0.1, 0.15) is 0 Å². The van der Waals surface area contributed by atoms with E-state index in [-0.39, 0.29) is 11.9 Å². The Hall–Kier alpha value is -1.35. The Labute approximate surface area is 96.5 Å². The first-order chi connectivity index (χ1) is 7.68. The monoisotopic (exact) mass is 218 g/mol. The highest BCUT2D eigenvalue weighted by molar-refractivity contribution is 5.94. The van der Waals surface area contributed by atoms with Crippen molar-refractivity contribution in [3.63, 3.8) is 0 Å². The zero-order valence-electron chi connectivity index (χ0n) is 9.86. The number of carbonyl (C=O) groups is 1. The second-order valence-electron chi connectivity index (χ2n) is 4.42. The first kappa shape index (κ1) is 11.1. The fraction of sp³-hybridized carbons (Fsp3) is 0.462. The minimum atomic E-state index is 0.147. The third-order valence-corrected chi connectivity index (χ3v) is 3.06. The average molecular weight is 218 g/mol. The van der Waals surface area contributed by atoms with Crippen LogP contribution in [0.5, 0.6) is 0 Å². The Morgan fingerprint density at radius 1 is 1.38 bits per heavy atom. The molecule has 3 nitrogen and oxygen atoms in total. The van der Waals surface area contributed by atoms with E-state index in [0.29, 0.717) is 0 Å². The lowest BCUT2D eigenvalue weighted by atomic mass is 10.1. The molecule has 1 saturated heterocycles. The molecule has 0 bridgehead atoms. The highest BCUT2D eigenvalue weighted by Gasteiger charge is 2.23. The third kappa shape index (κ3) is 2.25. The average Bonchev–Trinajstić information content (AvgIpc) is 2.30. The molecular weight excluding hydrogens is 200 g/mol. The van der Waals surface area contributed by atoms with Crippen molar-refractivity contribution >= 4 is 5.91 Å². The standard InChI is InChI=1S/C13H18N2O/c1-10-3-5-12(6-4-10)13(16)15-8-7-14-9-11(15)2/h3-6,11,14H,7-9H2,1-2H3. The number of piperazine rings is 1. The Kier molecular flexibility index (Phi) is 3.25. The van der Waals surface area contributed by atoms with Gasteiger partial charge in [0.05, 0.1) is 0 Å². The van der Waals surface area contributed by atoms with Crippen LogP contribution in [0.4, 0.5) is 0 Å². The molecule has 86 valence electrons. The van der Waals surface area contributed by atoms with Crippen LogP contribution < -0.4 is 5.32 Å². The summed E-state index contributed by atoms with van der Waals surface area (Å²) in [5, 5.41) is 3.29. The van der Waals surface area contributed by atoms with Crippen molar-refractivity contribution in [2.24, 2.45) is 0 Å². The SMILES string of the molecule is Cc1ccc(C(=O)N2CCNCC2C)cc1. The van der Waals surface area contributed by atoms with Crippen LogP contribution in [0.15, 0.2) is 24.3 Å².